The summed E-state index contributed by atoms with van der Waals surface area (Å²) < 4.78 is 4.79. The summed E-state index contributed by atoms with van der Waals surface area (Å²) in [5, 5.41) is 2.92. The molecule has 0 aromatic carbocycles. The van der Waals surface area contributed by atoms with Crippen molar-refractivity contribution in [2.24, 2.45) is 11.3 Å². The molecule has 4 nitrogen and oxygen atoms in total. The third kappa shape index (κ3) is 3.59. The predicted octanol–water partition coefficient (Wildman–Crippen LogP) is 2.04. The van der Waals surface area contributed by atoms with Gasteiger partial charge < -0.3 is 10.1 Å². The lowest BCUT2D eigenvalue weighted by molar-refractivity contribution is -0.127. The van der Waals surface area contributed by atoms with Gasteiger partial charge in [0.25, 0.3) is 0 Å². The highest BCUT2D eigenvalue weighted by atomic mass is 35.5. The molecule has 1 saturated carbocycles. The molecule has 1 aliphatic heterocycles. The van der Waals surface area contributed by atoms with E-state index in [2.05, 4.69) is 24.1 Å². The zero-order valence-corrected chi connectivity index (χ0v) is 13.9. The molecule has 0 bridgehead atoms. The van der Waals surface area contributed by atoms with Crippen LogP contribution in [0.25, 0.3) is 0 Å². The molecule has 20 heavy (non-hydrogen) atoms. The van der Waals surface area contributed by atoms with Crippen LogP contribution in [0.3, 0.4) is 0 Å². The Kier molecular flexibility index (Phi) is 4.90. The van der Waals surface area contributed by atoms with E-state index in [0.29, 0.717) is 18.9 Å². The van der Waals surface area contributed by atoms with E-state index < -0.39 is 9.75 Å². The summed E-state index contributed by atoms with van der Waals surface area (Å²) in [4.78, 5) is 14.5. The van der Waals surface area contributed by atoms with Gasteiger partial charge in [0.05, 0.1) is 18.1 Å². The Morgan fingerprint density at radius 1 is 1.50 bits per heavy atom. The van der Waals surface area contributed by atoms with Crippen molar-refractivity contribution >= 4 is 29.1 Å². The second-order valence-corrected chi connectivity index (χ2v) is 8.05. The molecule has 1 saturated heterocycles. The number of rotatable bonds is 5. The van der Waals surface area contributed by atoms with Crippen LogP contribution in [0.5, 0.6) is 0 Å². The molecule has 2 rings (SSSR count). The number of halogens is 2. The van der Waals surface area contributed by atoms with Gasteiger partial charge in [-0.25, -0.2) is 0 Å². The Morgan fingerprint density at radius 3 is 2.70 bits per heavy atom. The van der Waals surface area contributed by atoms with Gasteiger partial charge >= 0.3 is 0 Å². The van der Waals surface area contributed by atoms with E-state index in [1.165, 1.54) is 0 Å². The Balaban J connectivity index is 1.75. The Morgan fingerprint density at radius 2 is 2.15 bits per heavy atom. The fraction of sp³-hybridized carbons (Fsp3) is 0.929. The van der Waals surface area contributed by atoms with Crippen LogP contribution in [0.2, 0.25) is 0 Å². The number of carbonyl (C=O) groups excluding carboxylic acids is 1. The van der Waals surface area contributed by atoms with E-state index in [0.717, 1.165) is 26.2 Å². The van der Waals surface area contributed by atoms with Gasteiger partial charge in [-0.2, -0.15) is 0 Å². The van der Waals surface area contributed by atoms with Crippen molar-refractivity contribution in [2.45, 2.75) is 37.6 Å². The van der Waals surface area contributed by atoms with Crippen LogP contribution in [0, 0.1) is 11.3 Å². The van der Waals surface area contributed by atoms with Gasteiger partial charge in [-0.15, -0.1) is 23.2 Å². The average Bonchev–Trinajstić information content (AvgIpc) is 2.86. The first-order chi connectivity index (χ1) is 9.24. The van der Waals surface area contributed by atoms with E-state index in [9.17, 15) is 4.79 Å². The maximum atomic E-state index is 12.1. The third-order valence-electron chi connectivity index (χ3n) is 4.10. The average molecular weight is 323 g/mol. The van der Waals surface area contributed by atoms with Crippen LogP contribution >= 0.6 is 23.2 Å². The first-order valence-corrected chi connectivity index (χ1v) is 8.00. The fourth-order valence-electron chi connectivity index (χ4n) is 2.63. The highest BCUT2D eigenvalue weighted by Gasteiger charge is 2.67. The summed E-state index contributed by atoms with van der Waals surface area (Å²) in [5.74, 6) is 0.564. The molecule has 1 aliphatic carbocycles. The van der Waals surface area contributed by atoms with Crippen LogP contribution in [-0.4, -0.2) is 54.0 Å². The van der Waals surface area contributed by atoms with Crippen molar-refractivity contribution in [3.05, 3.63) is 0 Å². The normalized spacial score (nSPS) is 33.2. The lowest BCUT2D eigenvalue weighted by atomic mass is 10.1. The standard InChI is InChI=1S/C14H24Cl2N2O2/c1-10(2)7-18-4-5-20-11(8-18)6-17-12(19)13(3)9-14(13,15)16/h10-11H,4-9H2,1-3H3,(H,17,19). The van der Waals surface area contributed by atoms with E-state index in [-0.39, 0.29) is 12.0 Å². The topological polar surface area (TPSA) is 41.6 Å². The molecule has 2 aliphatic rings. The molecule has 0 aromatic rings. The van der Waals surface area contributed by atoms with Gasteiger partial charge in [-0.3, -0.25) is 9.69 Å². The van der Waals surface area contributed by atoms with Gasteiger partial charge in [0.2, 0.25) is 5.91 Å². The summed E-state index contributed by atoms with van der Waals surface area (Å²) in [5.41, 5.74) is -0.650. The van der Waals surface area contributed by atoms with Crippen LogP contribution in [0.4, 0.5) is 0 Å². The molecule has 1 amide bonds. The number of hydrogen-bond acceptors (Lipinski definition) is 3. The smallest absolute Gasteiger partial charge is 0.229 e. The van der Waals surface area contributed by atoms with Crippen molar-refractivity contribution in [2.75, 3.05) is 32.8 Å². The monoisotopic (exact) mass is 322 g/mol. The van der Waals surface area contributed by atoms with Crippen LogP contribution in [0.1, 0.15) is 27.2 Å². The maximum absolute atomic E-state index is 12.1. The van der Waals surface area contributed by atoms with Crippen molar-refractivity contribution in [3.63, 3.8) is 0 Å². The van der Waals surface area contributed by atoms with Gasteiger partial charge in [0.1, 0.15) is 4.33 Å². The number of ether oxygens (including phenoxy) is 1. The lowest BCUT2D eigenvalue weighted by Crippen LogP contribution is -2.49. The minimum absolute atomic E-state index is 0.0499. The molecule has 116 valence electrons. The third-order valence-corrected chi connectivity index (χ3v) is 5.20. The fourth-order valence-corrected chi connectivity index (χ4v) is 3.34. The van der Waals surface area contributed by atoms with Gasteiger partial charge in [0, 0.05) is 26.2 Å². The Bertz CT molecular complexity index is 376. The number of hydrogen-bond donors (Lipinski definition) is 1. The van der Waals surface area contributed by atoms with Crippen LogP contribution < -0.4 is 5.32 Å². The lowest BCUT2D eigenvalue weighted by Gasteiger charge is -2.34. The Labute approximate surface area is 131 Å². The molecular formula is C14H24Cl2N2O2. The number of amides is 1. The minimum Gasteiger partial charge on any atom is -0.374 e. The summed E-state index contributed by atoms with van der Waals surface area (Å²) in [6.45, 7) is 10.4. The van der Waals surface area contributed by atoms with Crippen molar-refractivity contribution in [3.8, 4) is 0 Å². The second-order valence-electron chi connectivity index (χ2n) is 6.57. The first-order valence-electron chi connectivity index (χ1n) is 7.25. The summed E-state index contributed by atoms with van der Waals surface area (Å²) in [6.07, 6.45) is 0.564. The molecule has 0 spiro atoms. The van der Waals surface area contributed by atoms with Gasteiger partial charge in [-0.1, -0.05) is 13.8 Å². The number of alkyl halides is 2. The molecule has 2 atom stereocenters. The molecule has 2 unspecified atom stereocenters. The van der Waals surface area contributed by atoms with Gasteiger partial charge in [0.15, 0.2) is 0 Å². The van der Waals surface area contributed by atoms with Crippen LogP contribution in [-0.2, 0) is 9.53 Å². The van der Waals surface area contributed by atoms with Crippen molar-refractivity contribution < 1.29 is 9.53 Å². The molecule has 1 heterocycles. The van der Waals surface area contributed by atoms with Crippen molar-refractivity contribution in [1.29, 1.82) is 0 Å². The zero-order valence-electron chi connectivity index (χ0n) is 12.4. The highest BCUT2D eigenvalue weighted by Crippen LogP contribution is 2.63. The van der Waals surface area contributed by atoms with Gasteiger partial charge in [-0.05, 0) is 19.3 Å². The first kappa shape index (κ1) is 16.3. The zero-order chi connectivity index (χ0) is 15.0. The Hall–Kier alpha value is -0.0300. The van der Waals surface area contributed by atoms with Crippen LogP contribution in [0.15, 0.2) is 0 Å². The number of carbonyl (C=O) groups is 1. The quantitative estimate of drug-likeness (QED) is 0.788. The van der Waals surface area contributed by atoms with Crippen molar-refractivity contribution in [1.82, 2.24) is 10.2 Å². The molecular weight excluding hydrogens is 299 g/mol. The van der Waals surface area contributed by atoms with E-state index in [1.54, 1.807) is 6.92 Å². The molecule has 2 fully saturated rings. The predicted molar refractivity (Wildman–Crippen MR) is 81.2 cm³/mol. The number of morpholine rings is 1. The maximum Gasteiger partial charge on any atom is 0.229 e. The SMILES string of the molecule is CC(C)CN1CCOC(CNC(=O)C2(C)CC2(Cl)Cl)C1. The number of nitrogens with one attached hydrogen (secondary N) is 1. The van der Waals surface area contributed by atoms with E-state index in [4.69, 9.17) is 27.9 Å². The second kappa shape index (κ2) is 5.99. The van der Waals surface area contributed by atoms with E-state index >= 15 is 0 Å². The number of nitrogens with zero attached hydrogens (tertiary/aromatic N) is 1. The summed E-state index contributed by atoms with van der Waals surface area (Å²) in [6, 6.07) is 0. The largest absolute Gasteiger partial charge is 0.374 e. The molecule has 0 radical (unpaired) electrons. The summed E-state index contributed by atoms with van der Waals surface area (Å²) >= 11 is 12.0. The minimum atomic E-state index is -0.909. The molecule has 0 aromatic heterocycles. The molecule has 1 N–H and O–H groups in total. The molecule has 6 heteroatoms. The summed E-state index contributed by atoms with van der Waals surface area (Å²) in [7, 11) is 0. The van der Waals surface area contributed by atoms with E-state index in [1.807, 2.05) is 0 Å². The highest BCUT2D eigenvalue weighted by molar-refractivity contribution is 6.53.